The van der Waals surface area contributed by atoms with Crippen LogP contribution in [0, 0.1) is 5.92 Å². The summed E-state index contributed by atoms with van der Waals surface area (Å²) in [7, 11) is 3.29. The predicted octanol–water partition coefficient (Wildman–Crippen LogP) is 4.54. The minimum absolute atomic E-state index is 0.0769. The molecular formula is C26H34N2O4. The highest BCUT2D eigenvalue weighted by atomic mass is 16.5. The average Bonchev–Trinajstić information content (AvgIpc) is 2.82. The van der Waals surface area contributed by atoms with E-state index in [1.807, 2.05) is 30.3 Å². The molecular weight excluding hydrogens is 404 g/mol. The molecule has 32 heavy (non-hydrogen) atoms. The number of nitrogens with one attached hydrogen (secondary N) is 1. The van der Waals surface area contributed by atoms with Gasteiger partial charge in [-0.15, -0.1) is 0 Å². The maximum Gasteiger partial charge on any atom is 0.244 e. The molecule has 0 unspecified atom stereocenters. The van der Waals surface area contributed by atoms with Gasteiger partial charge < -0.3 is 24.4 Å². The standard InChI is InChI=1S/C26H34N2O4/c1-19(2)18-32-24-11-5-20(17-25(24)31-4)6-12-26(29)27-21-13-15-28(16-14-21)22-7-9-23(30-3)10-8-22/h5-12,17,19,21H,13-16,18H2,1-4H3,(H,27,29)/b12-6+. The van der Waals surface area contributed by atoms with Crippen molar-refractivity contribution in [3.8, 4) is 17.2 Å². The lowest BCUT2D eigenvalue weighted by Gasteiger charge is -2.33. The number of ether oxygens (including phenoxy) is 3. The molecule has 0 radical (unpaired) electrons. The number of piperidine rings is 1. The predicted molar refractivity (Wildman–Crippen MR) is 129 cm³/mol. The minimum Gasteiger partial charge on any atom is -0.497 e. The Morgan fingerprint density at radius 2 is 1.78 bits per heavy atom. The Labute approximate surface area is 191 Å². The third kappa shape index (κ3) is 6.67. The lowest BCUT2D eigenvalue weighted by atomic mass is 10.0. The fourth-order valence-electron chi connectivity index (χ4n) is 3.66. The van der Waals surface area contributed by atoms with Gasteiger partial charge in [-0.3, -0.25) is 4.79 Å². The molecule has 0 bridgehead atoms. The maximum atomic E-state index is 12.4. The van der Waals surface area contributed by atoms with Crippen LogP contribution < -0.4 is 24.4 Å². The molecule has 0 aliphatic carbocycles. The van der Waals surface area contributed by atoms with Gasteiger partial charge in [0.25, 0.3) is 0 Å². The van der Waals surface area contributed by atoms with Gasteiger partial charge in [0, 0.05) is 30.9 Å². The van der Waals surface area contributed by atoms with E-state index in [9.17, 15) is 4.79 Å². The molecule has 1 aliphatic heterocycles. The van der Waals surface area contributed by atoms with Gasteiger partial charge in [0.1, 0.15) is 5.75 Å². The zero-order valence-electron chi connectivity index (χ0n) is 19.5. The first-order chi connectivity index (χ1) is 15.5. The van der Waals surface area contributed by atoms with Crippen molar-refractivity contribution in [1.82, 2.24) is 5.32 Å². The van der Waals surface area contributed by atoms with Crippen molar-refractivity contribution in [2.24, 2.45) is 5.92 Å². The van der Waals surface area contributed by atoms with E-state index in [2.05, 4.69) is 36.2 Å². The number of hydrogen-bond donors (Lipinski definition) is 1. The van der Waals surface area contributed by atoms with E-state index in [1.54, 1.807) is 26.4 Å². The number of nitrogens with zero attached hydrogens (tertiary/aromatic N) is 1. The van der Waals surface area contributed by atoms with Crippen molar-refractivity contribution >= 4 is 17.7 Å². The molecule has 1 aliphatic rings. The Morgan fingerprint density at radius 1 is 1.06 bits per heavy atom. The molecule has 3 rings (SSSR count). The van der Waals surface area contributed by atoms with Crippen LogP contribution in [0.2, 0.25) is 0 Å². The molecule has 2 aromatic rings. The summed E-state index contributed by atoms with van der Waals surface area (Å²) in [5, 5.41) is 3.12. The highest BCUT2D eigenvalue weighted by Gasteiger charge is 2.20. The zero-order valence-corrected chi connectivity index (χ0v) is 19.5. The maximum absolute atomic E-state index is 12.4. The van der Waals surface area contributed by atoms with E-state index in [0.717, 1.165) is 37.2 Å². The van der Waals surface area contributed by atoms with E-state index in [0.29, 0.717) is 24.0 Å². The molecule has 6 nitrogen and oxygen atoms in total. The van der Waals surface area contributed by atoms with Crippen LogP contribution in [0.3, 0.4) is 0 Å². The second-order valence-corrected chi connectivity index (χ2v) is 8.42. The summed E-state index contributed by atoms with van der Waals surface area (Å²) >= 11 is 0. The normalized spacial score (nSPS) is 14.6. The van der Waals surface area contributed by atoms with Crippen LogP contribution in [-0.2, 0) is 4.79 Å². The van der Waals surface area contributed by atoms with E-state index in [-0.39, 0.29) is 11.9 Å². The fraction of sp³-hybridized carbons (Fsp3) is 0.423. The number of rotatable bonds is 9. The fourth-order valence-corrected chi connectivity index (χ4v) is 3.66. The number of hydrogen-bond acceptors (Lipinski definition) is 5. The first kappa shape index (κ1) is 23.5. The van der Waals surface area contributed by atoms with E-state index < -0.39 is 0 Å². The Bertz CT molecular complexity index is 901. The summed E-state index contributed by atoms with van der Waals surface area (Å²) in [6.45, 7) is 6.66. The first-order valence-corrected chi connectivity index (χ1v) is 11.2. The third-order valence-corrected chi connectivity index (χ3v) is 5.47. The Hall–Kier alpha value is -3.15. The molecule has 0 spiro atoms. The number of anilines is 1. The van der Waals surface area contributed by atoms with Crippen molar-refractivity contribution in [2.45, 2.75) is 32.7 Å². The third-order valence-electron chi connectivity index (χ3n) is 5.47. The smallest absolute Gasteiger partial charge is 0.244 e. The lowest BCUT2D eigenvalue weighted by Crippen LogP contribution is -2.44. The molecule has 1 heterocycles. The van der Waals surface area contributed by atoms with Crippen LogP contribution in [0.4, 0.5) is 5.69 Å². The molecule has 172 valence electrons. The van der Waals surface area contributed by atoms with Crippen molar-refractivity contribution in [3.63, 3.8) is 0 Å². The number of methoxy groups -OCH3 is 2. The van der Waals surface area contributed by atoms with Gasteiger partial charge in [-0.25, -0.2) is 0 Å². The van der Waals surface area contributed by atoms with Gasteiger partial charge in [0.15, 0.2) is 11.5 Å². The SMILES string of the molecule is COc1ccc(N2CCC(NC(=O)/C=C/c3ccc(OCC(C)C)c(OC)c3)CC2)cc1. The Kier molecular flexibility index (Phi) is 8.42. The van der Waals surface area contributed by atoms with Gasteiger partial charge >= 0.3 is 0 Å². The second kappa shape index (κ2) is 11.5. The van der Waals surface area contributed by atoms with Gasteiger partial charge in [0.05, 0.1) is 20.8 Å². The molecule has 0 saturated carbocycles. The minimum atomic E-state index is -0.0769. The monoisotopic (exact) mass is 438 g/mol. The van der Waals surface area contributed by atoms with Gasteiger partial charge in [-0.2, -0.15) is 0 Å². The number of amides is 1. The molecule has 1 N–H and O–H groups in total. The lowest BCUT2D eigenvalue weighted by molar-refractivity contribution is -0.117. The largest absolute Gasteiger partial charge is 0.497 e. The van der Waals surface area contributed by atoms with Gasteiger partial charge in [-0.1, -0.05) is 19.9 Å². The van der Waals surface area contributed by atoms with Crippen LogP contribution in [0.1, 0.15) is 32.3 Å². The molecule has 1 fully saturated rings. The van der Waals surface area contributed by atoms with Crippen LogP contribution in [0.15, 0.2) is 48.5 Å². The van der Waals surface area contributed by atoms with Crippen LogP contribution in [0.5, 0.6) is 17.2 Å². The first-order valence-electron chi connectivity index (χ1n) is 11.2. The van der Waals surface area contributed by atoms with Crippen LogP contribution in [0.25, 0.3) is 6.08 Å². The molecule has 2 aromatic carbocycles. The van der Waals surface area contributed by atoms with E-state index in [1.165, 1.54) is 5.69 Å². The van der Waals surface area contributed by atoms with Gasteiger partial charge in [-0.05, 0) is 66.8 Å². The Balaban J connectivity index is 1.49. The molecule has 0 aromatic heterocycles. The zero-order chi connectivity index (χ0) is 22.9. The highest BCUT2D eigenvalue weighted by molar-refractivity contribution is 5.92. The van der Waals surface area contributed by atoms with E-state index in [4.69, 9.17) is 14.2 Å². The van der Waals surface area contributed by atoms with Crippen LogP contribution in [-0.4, -0.2) is 45.9 Å². The summed E-state index contributed by atoms with van der Waals surface area (Å²) < 4.78 is 16.4. The second-order valence-electron chi connectivity index (χ2n) is 8.42. The van der Waals surface area contributed by atoms with Crippen molar-refractivity contribution in [3.05, 3.63) is 54.1 Å². The van der Waals surface area contributed by atoms with Crippen molar-refractivity contribution in [1.29, 1.82) is 0 Å². The topological polar surface area (TPSA) is 60.0 Å². The summed E-state index contributed by atoms with van der Waals surface area (Å²) in [6, 6.07) is 14.0. The van der Waals surface area contributed by atoms with Crippen molar-refractivity contribution < 1.29 is 19.0 Å². The summed E-state index contributed by atoms with van der Waals surface area (Å²) in [5.74, 6) is 2.60. The molecule has 1 saturated heterocycles. The number of carbonyl (C=O) groups is 1. The average molecular weight is 439 g/mol. The number of benzene rings is 2. The molecule has 6 heteroatoms. The summed E-state index contributed by atoms with van der Waals surface area (Å²) in [6.07, 6.45) is 5.22. The Morgan fingerprint density at radius 3 is 2.41 bits per heavy atom. The summed E-state index contributed by atoms with van der Waals surface area (Å²) in [4.78, 5) is 14.8. The van der Waals surface area contributed by atoms with Gasteiger partial charge in [0.2, 0.25) is 5.91 Å². The summed E-state index contributed by atoms with van der Waals surface area (Å²) in [5.41, 5.74) is 2.08. The van der Waals surface area contributed by atoms with Crippen LogP contribution >= 0.6 is 0 Å². The molecule has 1 amide bonds. The highest BCUT2D eigenvalue weighted by Crippen LogP contribution is 2.29. The van der Waals surface area contributed by atoms with Crippen molar-refractivity contribution in [2.75, 3.05) is 38.8 Å². The molecule has 0 atom stereocenters. The number of carbonyl (C=O) groups excluding carboxylic acids is 1. The van der Waals surface area contributed by atoms with E-state index >= 15 is 0 Å². The quantitative estimate of drug-likeness (QED) is 0.583.